The summed E-state index contributed by atoms with van der Waals surface area (Å²) in [6.45, 7) is 6.87. The first-order valence-electron chi connectivity index (χ1n) is 11.4. The second kappa shape index (κ2) is 11.3. The van der Waals surface area contributed by atoms with Crippen LogP contribution < -0.4 is 0 Å². The number of nitrogens with zero attached hydrogens (tertiary/aromatic N) is 2. The molecule has 164 valence electrons. The van der Waals surface area contributed by atoms with Crippen molar-refractivity contribution < 1.29 is 9.53 Å². The quantitative estimate of drug-likeness (QED) is 0.302. The molecule has 0 saturated heterocycles. The molecule has 2 aromatic rings. The summed E-state index contributed by atoms with van der Waals surface area (Å²) >= 11 is 1.96. The van der Waals surface area contributed by atoms with Crippen LogP contribution in [-0.2, 0) is 21.4 Å². The van der Waals surface area contributed by atoms with Crippen LogP contribution in [0, 0.1) is 11.8 Å². The van der Waals surface area contributed by atoms with Crippen molar-refractivity contribution in [2.24, 2.45) is 0 Å². The van der Waals surface area contributed by atoms with Gasteiger partial charge in [-0.15, -0.1) is 11.8 Å². The van der Waals surface area contributed by atoms with Crippen LogP contribution in [0.25, 0.3) is 0 Å². The molecule has 31 heavy (non-hydrogen) atoms. The van der Waals surface area contributed by atoms with Gasteiger partial charge < -0.3 is 4.74 Å². The lowest BCUT2D eigenvalue weighted by molar-refractivity contribution is -0.143. The smallest absolute Gasteiger partial charge is 0.305 e. The summed E-state index contributed by atoms with van der Waals surface area (Å²) in [5, 5.41) is 0. The third kappa shape index (κ3) is 6.11. The van der Waals surface area contributed by atoms with Crippen LogP contribution in [0.4, 0.5) is 0 Å². The molecule has 0 N–H and O–H groups in total. The minimum atomic E-state index is -0.130. The van der Waals surface area contributed by atoms with E-state index in [9.17, 15) is 4.79 Å². The van der Waals surface area contributed by atoms with Crippen molar-refractivity contribution >= 4 is 17.7 Å². The largest absolute Gasteiger partial charge is 0.466 e. The van der Waals surface area contributed by atoms with Crippen LogP contribution in [0.2, 0.25) is 0 Å². The first-order chi connectivity index (χ1) is 15.1. The van der Waals surface area contributed by atoms with E-state index in [4.69, 9.17) is 4.74 Å². The Morgan fingerprint density at radius 2 is 1.97 bits per heavy atom. The molecule has 4 nitrogen and oxygen atoms in total. The molecular formula is C26H32N2O2S. The molecule has 0 spiro atoms. The third-order valence-corrected chi connectivity index (χ3v) is 7.23. The van der Waals surface area contributed by atoms with Gasteiger partial charge in [0.05, 0.1) is 18.5 Å². The first-order valence-corrected chi connectivity index (χ1v) is 12.3. The Balaban J connectivity index is 1.62. The van der Waals surface area contributed by atoms with Crippen molar-refractivity contribution in [2.45, 2.75) is 76.0 Å². The van der Waals surface area contributed by atoms with Crippen molar-refractivity contribution in [1.29, 1.82) is 0 Å². The molecule has 1 aliphatic rings. The SMILES string of the molecule is CCOC(=O)CCCCc1cnc(C#Cc2ccc3c(c2)C(CC)(CC)CCS3)cn1. The van der Waals surface area contributed by atoms with Gasteiger partial charge in [0, 0.05) is 23.1 Å². The number of esters is 1. The number of aryl methyl sites for hydroxylation is 1. The van der Waals surface area contributed by atoms with E-state index in [1.807, 2.05) is 18.7 Å². The molecule has 1 aliphatic heterocycles. The van der Waals surface area contributed by atoms with Gasteiger partial charge in [-0.05, 0) is 86.3 Å². The molecule has 0 atom stereocenters. The molecule has 1 aromatic carbocycles. The topological polar surface area (TPSA) is 52.1 Å². The highest BCUT2D eigenvalue weighted by molar-refractivity contribution is 7.99. The zero-order chi connectivity index (χ0) is 22.1. The predicted octanol–water partition coefficient (Wildman–Crippen LogP) is 5.71. The van der Waals surface area contributed by atoms with Crippen molar-refractivity contribution in [2.75, 3.05) is 12.4 Å². The zero-order valence-corrected chi connectivity index (χ0v) is 19.7. The van der Waals surface area contributed by atoms with Gasteiger partial charge in [0.15, 0.2) is 0 Å². The summed E-state index contributed by atoms with van der Waals surface area (Å²) in [6.07, 6.45) is 10.1. The van der Waals surface area contributed by atoms with Crippen LogP contribution in [0.15, 0.2) is 35.5 Å². The summed E-state index contributed by atoms with van der Waals surface area (Å²) < 4.78 is 4.94. The molecule has 5 heteroatoms. The summed E-state index contributed by atoms with van der Waals surface area (Å²) in [6, 6.07) is 6.63. The van der Waals surface area contributed by atoms with Gasteiger partial charge in [-0.3, -0.25) is 9.78 Å². The number of aromatic nitrogens is 2. The Labute approximate surface area is 190 Å². The maximum absolute atomic E-state index is 11.4. The Hall–Kier alpha value is -2.32. The van der Waals surface area contributed by atoms with Gasteiger partial charge in [0.2, 0.25) is 0 Å². The van der Waals surface area contributed by atoms with Gasteiger partial charge in [-0.2, -0.15) is 0 Å². The van der Waals surface area contributed by atoms with Crippen LogP contribution in [0.1, 0.15) is 81.8 Å². The number of carbonyl (C=O) groups excluding carboxylic acids is 1. The minimum absolute atomic E-state index is 0.130. The van der Waals surface area contributed by atoms with Crippen molar-refractivity contribution in [1.82, 2.24) is 9.97 Å². The van der Waals surface area contributed by atoms with Crippen LogP contribution in [-0.4, -0.2) is 28.3 Å². The van der Waals surface area contributed by atoms with E-state index >= 15 is 0 Å². The highest BCUT2D eigenvalue weighted by Crippen LogP contribution is 2.46. The fourth-order valence-electron chi connectivity index (χ4n) is 4.12. The highest BCUT2D eigenvalue weighted by Gasteiger charge is 2.33. The second-order valence-electron chi connectivity index (χ2n) is 7.95. The molecule has 0 bridgehead atoms. The number of ether oxygens (including phenoxy) is 1. The number of benzene rings is 1. The summed E-state index contributed by atoms with van der Waals surface area (Å²) in [5.41, 5.74) is 4.39. The Morgan fingerprint density at radius 3 is 2.68 bits per heavy atom. The molecule has 1 aromatic heterocycles. The summed E-state index contributed by atoms with van der Waals surface area (Å²) in [7, 11) is 0. The van der Waals surface area contributed by atoms with Crippen molar-refractivity contribution in [3.8, 4) is 11.8 Å². The lowest BCUT2D eigenvalue weighted by Gasteiger charge is -2.37. The first kappa shape index (κ1) is 23.3. The normalized spacial score (nSPS) is 14.3. The van der Waals surface area contributed by atoms with E-state index in [0.717, 1.165) is 30.5 Å². The maximum atomic E-state index is 11.4. The lowest BCUT2D eigenvalue weighted by atomic mass is 9.73. The molecule has 0 unspecified atom stereocenters. The molecule has 0 saturated carbocycles. The van der Waals surface area contributed by atoms with Gasteiger partial charge >= 0.3 is 5.97 Å². The Morgan fingerprint density at radius 1 is 1.13 bits per heavy atom. The maximum Gasteiger partial charge on any atom is 0.305 e. The van der Waals surface area contributed by atoms with Crippen molar-refractivity contribution in [3.05, 3.63) is 53.1 Å². The molecular weight excluding hydrogens is 404 g/mol. The average Bonchev–Trinajstić information content (AvgIpc) is 2.81. The van der Waals surface area contributed by atoms with E-state index in [-0.39, 0.29) is 11.4 Å². The van der Waals surface area contributed by atoms with Gasteiger partial charge in [-0.1, -0.05) is 19.8 Å². The van der Waals surface area contributed by atoms with E-state index < -0.39 is 0 Å². The third-order valence-electron chi connectivity index (χ3n) is 6.15. The number of hydrogen-bond donors (Lipinski definition) is 0. The van der Waals surface area contributed by atoms with E-state index in [2.05, 4.69) is 53.9 Å². The monoisotopic (exact) mass is 436 g/mol. The average molecular weight is 437 g/mol. The predicted molar refractivity (Wildman–Crippen MR) is 126 cm³/mol. The van der Waals surface area contributed by atoms with E-state index in [1.54, 1.807) is 12.4 Å². The number of fused-ring (bicyclic) bond motifs is 1. The standard InChI is InChI=1S/C26H32N2O2S/c1-4-26(5-2)15-16-31-24-14-12-20(17-23(24)26)11-13-22-19-27-21(18-28-22)9-7-8-10-25(29)30-6-3/h12,14,17-19H,4-10,15-16H2,1-3H3. The highest BCUT2D eigenvalue weighted by atomic mass is 32.2. The van der Waals surface area contributed by atoms with E-state index in [1.165, 1.54) is 35.5 Å². The number of thioether (sulfide) groups is 1. The molecule has 0 fully saturated rings. The van der Waals surface area contributed by atoms with Crippen LogP contribution in [0.3, 0.4) is 0 Å². The number of carbonyl (C=O) groups is 1. The van der Waals surface area contributed by atoms with Crippen LogP contribution >= 0.6 is 11.8 Å². The van der Waals surface area contributed by atoms with Gasteiger partial charge in [-0.25, -0.2) is 4.98 Å². The molecule has 3 rings (SSSR count). The number of unbranched alkanes of at least 4 members (excludes halogenated alkanes) is 1. The number of hydrogen-bond acceptors (Lipinski definition) is 5. The van der Waals surface area contributed by atoms with Crippen LogP contribution in [0.5, 0.6) is 0 Å². The Bertz CT molecular complexity index is 940. The molecule has 2 heterocycles. The lowest BCUT2D eigenvalue weighted by Crippen LogP contribution is -2.28. The van der Waals surface area contributed by atoms with Gasteiger partial charge in [0.1, 0.15) is 5.69 Å². The summed E-state index contributed by atoms with van der Waals surface area (Å²) in [5.74, 6) is 7.51. The zero-order valence-electron chi connectivity index (χ0n) is 18.9. The minimum Gasteiger partial charge on any atom is -0.466 e. The van der Waals surface area contributed by atoms with E-state index in [0.29, 0.717) is 18.7 Å². The number of rotatable bonds is 8. The van der Waals surface area contributed by atoms with Crippen molar-refractivity contribution in [3.63, 3.8) is 0 Å². The fourth-order valence-corrected chi connectivity index (χ4v) is 5.42. The second-order valence-corrected chi connectivity index (χ2v) is 9.09. The molecule has 0 radical (unpaired) electrons. The molecule has 0 amide bonds. The molecule has 0 aliphatic carbocycles. The van der Waals surface area contributed by atoms with Gasteiger partial charge in [0.25, 0.3) is 0 Å². The Kier molecular flexibility index (Phi) is 8.54. The summed E-state index contributed by atoms with van der Waals surface area (Å²) in [4.78, 5) is 21.7. The fraction of sp³-hybridized carbons (Fsp3) is 0.500.